The highest BCUT2D eigenvalue weighted by Gasteiger charge is 2.33. The quantitative estimate of drug-likeness (QED) is 0.335. The summed E-state index contributed by atoms with van der Waals surface area (Å²) < 4.78 is 0. The monoisotopic (exact) mass is 256 g/mol. The number of hydrogen-bond donors (Lipinski definition) is 2. The summed E-state index contributed by atoms with van der Waals surface area (Å²) in [5, 5.41) is 12.0. The summed E-state index contributed by atoms with van der Waals surface area (Å²) in [5.41, 5.74) is 5.40. The van der Waals surface area contributed by atoms with Gasteiger partial charge in [-0.05, 0) is 19.8 Å². The molecule has 106 valence electrons. The minimum atomic E-state index is -0.364. The van der Waals surface area contributed by atoms with Crippen molar-refractivity contribution in [3.05, 3.63) is 0 Å². The Morgan fingerprint density at radius 2 is 1.89 bits per heavy atom. The van der Waals surface area contributed by atoms with Crippen LogP contribution in [0.3, 0.4) is 0 Å². The molecule has 3 N–H and O–H groups in total. The highest BCUT2D eigenvalue weighted by Crippen LogP contribution is 2.18. The zero-order valence-corrected chi connectivity index (χ0v) is 12.2. The van der Waals surface area contributed by atoms with Crippen LogP contribution in [-0.4, -0.2) is 59.1 Å². The van der Waals surface area contributed by atoms with Gasteiger partial charge in [-0.25, -0.2) is 0 Å². The lowest BCUT2D eigenvalue weighted by atomic mass is 10.00. The number of nitrogens with two attached hydrogens (primary N) is 1. The van der Waals surface area contributed by atoms with Crippen molar-refractivity contribution in [2.75, 3.05) is 32.7 Å². The average Bonchev–Trinajstić information content (AvgIpc) is 2.38. The maximum Gasteiger partial charge on any atom is 0.159 e. The Balaban J connectivity index is 2.49. The van der Waals surface area contributed by atoms with Crippen LogP contribution in [0.25, 0.3) is 0 Å². The molecule has 0 aromatic heterocycles. The number of piperazine rings is 1. The van der Waals surface area contributed by atoms with Crippen LogP contribution in [0.15, 0.2) is 5.16 Å². The predicted molar refractivity (Wildman–Crippen MR) is 75.0 cm³/mol. The summed E-state index contributed by atoms with van der Waals surface area (Å²) in [5.74, 6) is 1.05. The van der Waals surface area contributed by atoms with Crippen LogP contribution in [0, 0.1) is 5.92 Å². The summed E-state index contributed by atoms with van der Waals surface area (Å²) in [4.78, 5) is 4.79. The molecule has 0 aromatic carbocycles. The smallest absolute Gasteiger partial charge is 0.159 e. The van der Waals surface area contributed by atoms with Crippen LogP contribution in [0.4, 0.5) is 0 Å². The van der Waals surface area contributed by atoms with E-state index in [2.05, 4.69) is 28.8 Å². The van der Waals surface area contributed by atoms with Gasteiger partial charge in [0.05, 0.1) is 5.54 Å². The third-order valence-corrected chi connectivity index (χ3v) is 4.16. The van der Waals surface area contributed by atoms with E-state index in [9.17, 15) is 0 Å². The molecule has 1 aliphatic heterocycles. The van der Waals surface area contributed by atoms with Gasteiger partial charge in [-0.1, -0.05) is 25.4 Å². The van der Waals surface area contributed by atoms with Crippen molar-refractivity contribution >= 4 is 5.84 Å². The van der Waals surface area contributed by atoms with Crippen molar-refractivity contribution in [2.24, 2.45) is 16.8 Å². The minimum Gasteiger partial charge on any atom is -0.409 e. The highest BCUT2D eigenvalue weighted by atomic mass is 16.4. The molecule has 0 saturated carbocycles. The maximum atomic E-state index is 8.83. The first kappa shape index (κ1) is 15.2. The van der Waals surface area contributed by atoms with Gasteiger partial charge in [-0.2, -0.15) is 0 Å². The molecule has 5 heteroatoms. The molecule has 5 nitrogen and oxygen atoms in total. The fourth-order valence-electron chi connectivity index (χ4n) is 2.34. The van der Waals surface area contributed by atoms with Crippen molar-refractivity contribution in [3.63, 3.8) is 0 Å². The zero-order chi connectivity index (χ0) is 13.8. The van der Waals surface area contributed by atoms with Crippen LogP contribution >= 0.6 is 0 Å². The van der Waals surface area contributed by atoms with E-state index in [4.69, 9.17) is 10.9 Å². The van der Waals surface area contributed by atoms with Gasteiger partial charge in [0.2, 0.25) is 0 Å². The van der Waals surface area contributed by atoms with Crippen LogP contribution in [-0.2, 0) is 0 Å². The first-order chi connectivity index (χ1) is 8.41. The number of oxime groups is 1. The summed E-state index contributed by atoms with van der Waals surface area (Å²) in [6.45, 7) is 13.8. The Kier molecular flexibility index (Phi) is 5.41. The molecule has 0 aliphatic carbocycles. The van der Waals surface area contributed by atoms with Crippen molar-refractivity contribution in [3.8, 4) is 0 Å². The standard InChI is InChI=1S/C13H28N4O/c1-5-11(2)10-16-6-8-17(9-7-16)13(3,4)12(14)15-18/h11,18H,5-10H2,1-4H3,(H2,14,15). The Morgan fingerprint density at radius 1 is 1.33 bits per heavy atom. The van der Waals surface area contributed by atoms with Gasteiger partial charge in [-0.3, -0.25) is 4.90 Å². The number of rotatable bonds is 5. The lowest BCUT2D eigenvalue weighted by Gasteiger charge is -2.43. The average molecular weight is 256 g/mol. The van der Waals surface area contributed by atoms with E-state index >= 15 is 0 Å². The molecule has 1 heterocycles. The van der Waals surface area contributed by atoms with E-state index < -0.39 is 0 Å². The van der Waals surface area contributed by atoms with Gasteiger partial charge >= 0.3 is 0 Å². The van der Waals surface area contributed by atoms with E-state index in [0.29, 0.717) is 0 Å². The second-order valence-corrected chi connectivity index (χ2v) is 5.85. The predicted octanol–water partition coefficient (Wildman–Crippen LogP) is 1.18. The first-order valence-electron chi connectivity index (χ1n) is 6.87. The van der Waals surface area contributed by atoms with Gasteiger partial charge in [0.1, 0.15) is 0 Å². The number of hydrogen-bond acceptors (Lipinski definition) is 4. The molecule has 1 rings (SSSR count). The zero-order valence-electron chi connectivity index (χ0n) is 12.2. The second-order valence-electron chi connectivity index (χ2n) is 5.85. The third-order valence-electron chi connectivity index (χ3n) is 4.16. The number of amidine groups is 1. The fraction of sp³-hybridized carbons (Fsp3) is 0.923. The lowest BCUT2D eigenvalue weighted by Crippen LogP contribution is -2.60. The molecule has 0 bridgehead atoms. The highest BCUT2D eigenvalue weighted by molar-refractivity contribution is 5.88. The molecule has 1 unspecified atom stereocenters. The fourth-order valence-corrected chi connectivity index (χ4v) is 2.34. The first-order valence-corrected chi connectivity index (χ1v) is 6.87. The molecule has 1 fully saturated rings. The molecular formula is C13H28N4O. The van der Waals surface area contributed by atoms with Gasteiger partial charge < -0.3 is 15.8 Å². The molecule has 1 aliphatic rings. The van der Waals surface area contributed by atoms with Gasteiger partial charge in [-0.15, -0.1) is 0 Å². The lowest BCUT2D eigenvalue weighted by molar-refractivity contribution is 0.0754. The van der Waals surface area contributed by atoms with Crippen molar-refractivity contribution in [2.45, 2.75) is 39.7 Å². The Morgan fingerprint density at radius 3 is 2.33 bits per heavy atom. The molecule has 0 amide bonds. The van der Waals surface area contributed by atoms with Crippen molar-refractivity contribution in [1.29, 1.82) is 0 Å². The van der Waals surface area contributed by atoms with E-state index in [0.717, 1.165) is 32.1 Å². The van der Waals surface area contributed by atoms with Crippen LogP contribution in [0.5, 0.6) is 0 Å². The summed E-state index contributed by atoms with van der Waals surface area (Å²) >= 11 is 0. The van der Waals surface area contributed by atoms with Gasteiger partial charge in [0.25, 0.3) is 0 Å². The Bertz CT molecular complexity index is 283. The molecule has 0 aromatic rings. The topological polar surface area (TPSA) is 65.1 Å². The van der Waals surface area contributed by atoms with Crippen LogP contribution < -0.4 is 5.73 Å². The second kappa shape index (κ2) is 6.38. The molecule has 0 spiro atoms. The normalized spacial score (nSPS) is 22.1. The SMILES string of the molecule is CCC(C)CN1CCN(C(C)(C)C(N)=NO)CC1. The third kappa shape index (κ3) is 3.59. The molecule has 1 saturated heterocycles. The molecule has 0 radical (unpaired) electrons. The van der Waals surface area contributed by atoms with Crippen molar-refractivity contribution in [1.82, 2.24) is 9.80 Å². The van der Waals surface area contributed by atoms with Crippen molar-refractivity contribution < 1.29 is 5.21 Å². The van der Waals surface area contributed by atoms with E-state index in [1.54, 1.807) is 0 Å². The van der Waals surface area contributed by atoms with E-state index in [1.165, 1.54) is 13.0 Å². The number of nitrogens with zero attached hydrogens (tertiary/aromatic N) is 3. The molecular weight excluding hydrogens is 228 g/mol. The maximum absolute atomic E-state index is 8.83. The van der Waals surface area contributed by atoms with E-state index in [-0.39, 0.29) is 11.4 Å². The molecule has 1 atom stereocenters. The largest absolute Gasteiger partial charge is 0.409 e. The minimum absolute atomic E-state index is 0.290. The Hall–Kier alpha value is -0.810. The molecule has 18 heavy (non-hydrogen) atoms. The van der Waals surface area contributed by atoms with Crippen LogP contribution in [0.1, 0.15) is 34.1 Å². The summed E-state index contributed by atoms with van der Waals surface area (Å²) in [7, 11) is 0. The van der Waals surface area contributed by atoms with Crippen LogP contribution in [0.2, 0.25) is 0 Å². The Labute approximate surface area is 111 Å². The van der Waals surface area contributed by atoms with E-state index in [1.807, 2.05) is 13.8 Å². The summed E-state index contributed by atoms with van der Waals surface area (Å²) in [6, 6.07) is 0. The van der Waals surface area contributed by atoms with Gasteiger partial charge in [0.15, 0.2) is 5.84 Å². The van der Waals surface area contributed by atoms with Gasteiger partial charge in [0, 0.05) is 32.7 Å². The summed E-state index contributed by atoms with van der Waals surface area (Å²) in [6.07, 6.45) is 1.23.